The second-order valence-electron chi connectivity index (χ2n) is 9.25. The van der Waals surface area contributed by atoms with Gasteiger partial charge in [0.25, 0.3) is 0 Å². The van der Waals surface area contributed by atoms with Gasteiger partial charge < -0.3 is 9.64 Å². The van der Waals surface area contributed by atoms with Gasteiger partial charge in [-0.05, 0) is 68.6 Å². The fourth-order valence-electron chi connectivity index (χ4n) is 5.09. The van der Waals surface area contributed by atoms with Crippen molar-refractivity contribution in [2.45, 2.75) is 51.9 Å². The van der Waals surface area contributed by atoms with Crippen LogP contribution in [0.25, 0.3) is 0 Å². The first-order chi connectivity index (χ1) is 14.7. The molecule has 1 aromatic rings. The fourth-order valence-corrected chi connectivity index (χ4v) is 6.09. The summed E-state index contributed by atoms with van der Waals surface area (Å²) < 4.78 is 8.65. The Morgan fingerprint density at radius 2 is 1.83 bits per heavy atom. The molecule has 168 valence electrons. The molecule has 0 spiro atoms. The smallest absolute Gasteiger partial charge is 0.225 e. The van der Waals surface area contributed by atoms with Gasteiger partial charge in [-0.1, -0.05) is 30.5 Å². The maximum Gasteiger partial charge on any atom is 0.225 e. The first kappa shape index (κ1) is 22.6. The van der Waals surface area contributed by atoms with Gasteiger partial charge in [-0.2, -0.15) is 0 Å². The van der Waals surface area contributed by atoms with Crippen molar-refractivity contribution in [3.8, 4) is 0 Å². The van der Waals surface area contributed by atoms with Crippen LogP contribution in [0.2, 0.25) is 5.02 Å². The minimum absolute atomic E-state index is 0.605. The summed E-state index contributed by atoms with van der Waals surface area (Å²) >= 11 is 7.93. The van der Waals surface area contributed by atoms with E-state index in [4.69, 9.17) is 16.3 Å². The lowest BCUT2D eigenvalue weighted by atomic mass is 9.90. The fraction of sp³-hybridized carbons (Fsp3) is 0.826. The minimum Gasteiger partial charge on any atom is -0.381 e. The molecule has 30 heavy (non-hydrogen) atoms. The molecule has 2 aliphatic heterocycles. The maximum absolute atomic E-state index is 6.10. The Morgan fingerprint density at radius 3 is 2.53 bits per heavy atom. The van der Waals surface area contributed by atoms with Crippen LogP contribution in [0.1, 0.15) is 51.9 Å². The number of aromatic nitrogens is 2. The Kier molecular flexibility index (Phi) is 8.56. The number of piperidine rings is 2. The second kappa shape index (κ2) is 11.3. The Morgan fingerprint density at radius 1 is 1.10 bits per heavy atom. The third kappa shape index (κ3) is 6.47. The number of hydrogen-bond acceptors (Lipinski definition) is 6. The number of rotatable bonds is 10. The normalized spacial score (nSPS) is 26.3. The van der Waals surface area contributed by atoms with Gasteiger partial charge in [0.1, 0.15) is 0 Å². The largest absolute Gasteiger partial charge is 0.381 e. The van der Waals surface area contributed by atoms with Crippen LogP contribution in [0, 0.1) is 23.7 Å². The molecule has 7 heteroatoms. The number of nitrogens with zero attached hydrogens (tertiary/aromatic N) is 4. The third-order valence-electron chi connectivity index (χ3n) is 7.05. The molecule has 2 saturated heterocycles. The van der Waals surface area contributed by atoms with E-state index in [1.807, 2.05) is 11.9 Å². The zero-order chi connectivity index (χ0) is 20.8. The highest BCUT2D eigenvalue weighted by atomic mass is 35.5. The van der Waals surface area contributed by atoms with Gasteiger partial charge >= 0.3 is 0 Å². The van der Waals surface area contributed by atoms with E-state index in [0.717, 1.165) is 55.9 Å². The van der Waals surface area contributed by atoms with Crippen molar-refractivity contribution >= 4 is 29.5 Å². The molecule has 1 saturated carbocycles. The lowest BCUT2D eigenvalue weighted by molar-refractivity contribution is 0.0756. The highest BCUT2D eigenvalue weighted by Crippen LogP contribution is 2.49. The molecule has 0 amide bonds. The van der Waals surface area contributed by atoms with E-state index in [-0.39, 0.29) is 0 Å². The minimum atomic E-state index is 0.605. The van der Waals surface area contributed by atoms with Gasteiger partial charge in [0, 0.05) is 45.1 Å². The summed E-state index contributed by atoms with van der Waals surface area (Å²) in [7, 11) is 0. The number of halogens is 1. The van der Waals surface area contributed by atoms with Crippen LogP contribution in [0.15, 0.2) is 12.4 Å². The van der Waals surface area contributed by atoms with Crippen molar-refractivity contribution < 1.29 is 4.74 Å². The Hall–Kier alpha value is -0.560. The molecule has 3 fully saturated rings. The molecule has 2 unspecified atom stereocenters. The van der Waals surface area contributed by atoms with Crippen LogP contribution in [-0.2, 0) is 4.74 Å². The predicted octanol–water partition coefficient (Wildman–Crippen LogP) is 5.16. The Balaban J connectivity index is 1.05. The molecule has 3 aliphatic rings. The van der Waals surface area contributed by atoms with E-state index in [9.17, 15) is 0 Å². The topological polar surface area (TPSA) is 41.5 Å². The van der Waals surface area contributed by atoms with Crippen LogP contribution in [0.3, 0.4) is 0 Å². The highest BCUT2D eigenvalue weighted by Gasteiger charge is 2.43. The summed E-state index contributed by atoms with van der Waals surface area (Å²) in [4.78, 5) is 11.0. The molecular formula is C23H37ClN4OS. The third-order valence-corrected chi connectivity index (χ3v) is 8.57. The quantitative estimate of drug-likeness (QED) is 0.360. The molecule has 1 aliphatic carbocycles. The summed E-state index contributed by atoms with van der Waals surface area (Å²) in [6.45, 7) is 8.82. The lowest BCUT2D eigenvalue weighted by Crippen LogP contribution is -2.35. The number of ether oxygens (including phenoxy) is 1. The molecule has 0 bridgehead atoms. The average Bonchev–Trinajstić information content (AvgIpc) is 3.56. The molecule has 2 atom stereocenters. The van der Waals surface area contributed by atoms with Crippen LogP contribution in [-0.4, -0.2) is 59.4 Å². The Labute approximate surface area is 191 Å². The number of anilines is 1. The van der Waals surface area contributed by atoms with E-state index >= 15 is 0 Å². The van der Waals surface area contributed by atoms with Crippen molar-refractivity contribution in [2.24, 2.45) is 23.7 Å². The molecule has 3 heterocycles. The molecular weight excluding hydrogens is 416 g/mol. The maximum atomic E-state index is 6.10. The Bertz CT molecular complexity index is 633. The first-order valence-corrected chi connectivity index (χ1v) is 13.2. The van der Waals surface area contributed by atoms with Gasteiger partial charge in [0.2, 0.25) is 5.95 Å². The van der Waals surface area contributed by atoms with Crippen molar-refractivity contribution in [3.63, 3.8) is 0 Å². The highest BCUT2D eigenvalue weighted by molar-refractivity contribution is 7.97. The molecule has 4 rings (SSSR count). The van der Waals surface area contributed by atoms with E-state index in [1.165, 1.54) is 63.8 Å². The molecule has 0 aromatic carbocycles. The van der Waals surface area contributed by atoms with Crippen LogP contribution in [0.4, 0.5) is 5.95 Å². The van der Waals surface area contributed by atoms with Crippen molar-refractivity contribution in [2.75, 3.05) is 50.0 Å². The molecule has 0 radical (unpaired) electrons. The average molecular weight is 453 g/mol. The standard InChI is InChI=1S/C23H37ClN4OS/c1-2-13-30-28-10-3-18(4-11-28)17-29-12-7-20-14-22(20)19-5-8-27(9-6-19)23-25-15-21(24)16-26-23/h15-16,18-20,22H,2-14,17H2,1H3. The molecule has 1 aromatic heterocycles. The van der Waals surface area contributed by atoms with Crippen molar-refractivity contribution in [1.29, 1.82) is 0 Å². The van der Waals surface area contributed by atoms with Gasteiger partial charge in [0.15, 0.2) is 0 Å². The summed E-state index contributed by atoms with van der Waals surface area (Å²) in [5.74, 6) is 5.58. The SMILES string of the molecule is CCCSN1CCC(COCCC2CC2C2CCN(c3ncc(Cl)cn3)CC2)CC1. The van der Waals surface area contributed by atoms with Gasteiger partial charge in [0.05, 0.1) is 17.4 Å². The van der Waals surface area contributed by atoms with Gasteiger partial charge in [-0.25, -0.2) is 9.97 Å². The van der Waals surface area contributed by atoms with E-state index in [0.29, 0.717) is 5.02 Å². The monoisotopic (exact) mass is 452 g/mol. The van der Waals surface area contributed by atoms with Gasteiger partial charge in [-0.15, -0.1) is 0 Å². The zero-order valence-corrected chi connectivity index (χ0v) is 19.9. The predicted molar refractivity (Wildman–Crippen MR) is 126 cm³/mol. The summed E-state index contributed by atoms with van der Waals surface area (Å²) in [5, 5.41) is 0.605. The zero-order valence-electron chi connectivity index (χ0n) is 18.3. The summed E-state index contributed by atoms with van der Waals surface area (Å²) in [6.07, 6.45) is 12.5. The van der Waals surface area contributed by atoms with Crippen molar-refractivity contribution in [3.05, 3.63) is 17.4 Å². The lowest BCUT2D eigenvalue weighted by Gasteiger charge is -2.32. The van der Waals surface area contributed by atoms with E-state index in [2.05, 4.69) is 26.1 Å². The molecule has 0 N–H and O–H groups in total. The van der Waals surface area contributed by atoms with Crippen LogP contribution < -0.4 is 4.90 Å². The van der Waals surface area contributed by atoms with Crippen molar-refractivity contribution in [1.82, 2.24) is 14.3 Å². The summed E-state index contributed by atoms with van der Waals surface area (Å²) in [6, 6.07) is 0. The molecule has 5 nitrogen and oxygen atoms in total. The first-order valence-electron chi connectivity index (χ1n) is 11.9. The van der Waals surface area contributed by atoms with Gasteiger partial charge in [-0.3, -0.25) is 4.31 Å². The summed E-state index contributed by atoms with van der Waals surface area (Å²) in [5.41, 5.74) is 0. The van der Waals surface area contributed by atoms with Crippen LogP contribution >= 0.6 is 23.5 Å². The van der Waals surface area contributed by atoms with E-state index in [1.54, 1.807) is 12.4 Å². The number of hydrogen-bond donors (Lipinski definition) is 0. The second-order valence-corrected chi connectivity index (χ2v) is 10.9. The van der Waals surface area contributed by atoms with E-state index < -0.39 is 0 Å². The van der Waals surface area contributed by atoms with Crippen LogP contribution in [0.5, 0.6) is 0 Å².